The number of aliphatic carboxylic acids is 1. The first-order valence-corrected chi connectivity index (χ1v) is 6.16. The van der Waals surface area contributed by atoms with E-state index in [4.69, 9.17) is 10.4 Å². The minimum Gasteiger partial charge on any atom is -0.480 e. The minimum absolute atomic E-state index is 0.350. The Morgan fingerprint density at radius 2 is 2.12 bits per heavy atom. The Bertz CT molecular complexity index is 542. The first-order valence-electron chi connectivity index (χ1n) is 4.34. The highest BCUT2D eigenvalue weighted by Gasteiger charge is 2.16. The second-order valence-corrected chi connectivity index (χ2v) is 5.30. The Hall–Kier alpha value is -1.87. The molecule has 0 aliphatic carbocycles. The van der Waals surface area contributed by atoms with Crippen LogP contribution in [0.15, 0.2) is 24.3 Å². The molecular weight excluding hydrogens is 230 g/mol. The van der Waals surface area contributed by atoms with Crippen molar-refractivity contribution in [1.29, 1.82) is 5.26 Å². The van der Waals surface area contributed by atoms with E-state index in [0.717, 1.165) is 0 Å². The van der Waals surface area contributed by atoms with E-state index in [1.54, 1.807) is 18.2 Å². The minimum atomic E-state index is -3.67. The maximum Gasteiger partial charge on any atom is 0.318 e. The fourth-order valence-electron chi connectivity index (χ4n) is 1.22. The maximum atomic E-state index is 11.3. The van der Waals surface area contributed by atoms with E-state index in [9.17, 15) is 13.2 Å². The lowest BCUT2D eigenvalue weighted by molar-refractivity contribution is -0.134. The Labute approximate surface area is 92.9 Å². The molecular formula is C10H9NO4S. The van der Waals surface area contributed by atoms with Gasteiger partial charge in [0.2, 0.25) is 0 Å². The number of carboxylic acid groups (broad SMARTS) is 1. The summed E-state index contributed by atoms with van der Waals surface area (Å²) in [6, 6.07) is 7.96. The van der Waals surface area contributed by atoms with E-state index in [-0.39, 0.29) is 5.75 Å². The van der Waals surface area contributed by atoms with Gasteiger partial charge in [0.1, 0.15) is 5.75 Å². The van der Waals surface area contributed by atoms with Crippen LogP contribution in [0, 0.1) is 11.3 Å². The Morgan fingerprint density at radius 1 is 1.44 bits per heavy atom. The van der Waals surface area contributed by atoms with Crippen LogP contribution in [0.4, 0.5) is 0 Å². The predicted octanol–water partition coefficient (Wildman–Crippen LogP) is 0.558. The largest absolute Gasteiger partial charge is 0.480 e. The zero-order valence-corrected chi connectivity index (χ0v) is 9.07. The summed E-state index contributed by atoms with van der Waals surface area (Å²) in [5.41, 5.74) is 0.767. The zero-order chi connectivity index (χ0) is 12.2. The highest BCUT2D eigenvalue weighted by atomic mass is 32.2. The summed E-state index contributed by atoms with van der Waals surface area (Å²) >= 11 is 0. The summed E-state index contributed by atoms with van der Waals surface area (Å²) in [6.45, 7) is 0. The third kappa shape index (κ3) is 3.71. The van der Waals surface area contributed by atoms with E-state index in [2.05, 4.69) is 0 Å². The molecule has 1 aromatic rings. The average Bonchev–Trinajstić information content (AvgIpc) is 2.15. The summed E-state index contributed by atoms with van der Waals surface area (Å²) in [4.78, 5) is 10.3. The van der Waals surface area contributed by atoms with Gasteiger partial charge in [0.05, 0.1) is 17.4 Å². The molecule has 1 rings (SSSR count). The molecule has 84 valence electrons. The number of hydrogen-bond donors (Lipinski definition) is 1. The van der Waals surface area contributed by atoms with Crippen molar-refractivity contribution in [2.24, 2.45) is 0 Å². The summed E-state index contributed by atoms with van der Waals surface area (Å²) in [6.07, 6.45) is 0. The van der Waals surface area contributed by atoms with E-state index in [1.165, 1.54) is 6.07 Å². The van der Waals surface area contributed by atoms with Gasteiger partial charge in [-0.25, -0.2) is 8.42 Å². The number of rotatable bonds is 4. The molecule has 6 heteroatoms. The van der Waals surface area contributed by atoms with E-state index < -0.39 is 21.6 Å². The molecule has 0 bridgehead atoms. The van der Waals surface area contributed by atoms with Crippen molar-refractivity contribution in [2.45, 2.75) is 5.75 Å². The van der Waals surface area contributed by atoms with Gasteiger partial charge in [-0.2, -0.15) is 5.26 Å². The first-order chi connectivity index (χ1) is 7.43. The third-order valence-corrected chi connectivity index (χ3v) is 3.25. The van der Waals surface area contributed by atoms with Crippen LogP contribution in [0.5, 0.6) is 0 Å². The highest BCUT2D eigenvalue weighted by molar-refractivity contribution is 7.91. The number of carboxylic acids is 1. The number of sulfone groups is 1. The fraction of sp³-hybridized carbons (Fsp3) is 0.200. The van der Waals surface area contributed by atoms with Gasteiger partial charge in [0.15, 0.2) is 9.84 Å². The summed E-state index contributed by atoms with van der Waals surface area (Å²) in [7, 11) is -3.67. The first kappa shape index (κ1) is 12.2. The van der Waals surface area contributed by atoms with Gasteiger partial charge in [-0.15, -0.1) is 0 Å². The number of hydrogen-bond acceptors (Lipinski definition) is 4. The van der Waals surface area contributed by atoms with Gasteiger partial charge in [0, 0.05) is 0 Å². The number of nitrogens with zero attached hydrogens (tertiary/aromatic N) is 1. The van der Waals surface area contributed by atoms with Crippen molar-refractivity contribution >= 4 is 15.8 Å². The maximum absolute atomic E-state index is 11.3. The second-order valence-electron chi connectivity index (χ2n) is 3.24. The lowest BCUT2D eigenvalue weighted by Gasteiger charge is -2.01. The van der Waals surface area contributed by atoms with Crippen LogP contribution >= 0.6 is 0 Å². The monoisotopic (exact) mass is 239 g/mol. The van der Waals surface area contributed by atoms with Gasteiger partial charge >= 0.3 is 5.97 Å². The highest BCUT2D eigenvalue weighted by Crippen LogP contribution is 2.09. The van der Waals surface area contributed by atoms with Crippen LogP contribution in [0.3, 0.4) is 0 Å². The lowest BCUT2D eigenvalue weighted by Crippen LogP contribution is -2.16. The van der Waals surface area contributed by atoms with Crippen molar-refractivity contribution in [3.8, 4) is 6.07 Å². The molecule has 0 atom stereocenters. The van der Waals surface area contributed by atoms with E-state index in [0.29, 0.717) is 11.1 Å². The van der Waals surface area contributed by atoms with Gasteiger partial charge in [-0.1, -0.05) is 12.1 Å². The van der Waals surface area contributed by atoms with Gasteiger partial charge in [0.25, 0.3) is 0 Å². The molecule has 0 radical (unpaired) electrons. The zero-order valence-electron chi connectivity index (χ0n) is 8.25. The lowest BCUT2D eigenvalue weighted by atomic mass is 10.2. The number of carbonyl (C=O) groups is 1. The van der Waals surface area contributed by atoms with Crippen molar-refractivity contribution in [3.63, 3.8) is 0 Å². The molecule has 0 aromatic heterocycles. The molecule has 0 spiro atoms. The SMILES string of the molecule is N#Cc1cccc(CS(=O)(=O)CC(=O)O)c1. The summed E-state index contributed by atoms with van der Waals surface area (Å²) < 4.78 is 22.7. The van der Waals surface area contributed by atoms with Crippen LogP contribution in [0.1, 0.15) is 11.1 Å². The standard InChI is InChI=1S/C10H9NO4S/c11-5-8-2-1-3-9(4-8)6-16(14,15)7-10(12)13/h1-4H,6-7H2,(H,12,13). The topological polar surface area (TPSA) is 95.2 Å². The van der Waals surface area contributed by atoms with Crippen molar-refractivity contribution in [3.05, 3.63) is 35.4 Å². The molecule has 16 heavy (non-hydrogen) atoms. The average molecular weight is 239 g/mol. The van der Waals surface area contributed by atoms with Crippen LogP contribution in [-0.2, 0) is 20.4 Å². The molecule has 1 N–H and O–H groups in total. The number of nitriles is 1. The fourth-order valence-corrected chi connectivity index (χ4v) is 2.39. The van der Waals surface area contributed by atoms with Gasteiger partial charge < -0.3 is 5.11 Å². The van der Waals surface area contributed by atoms with Crippen LogP contribution in [0.25, 0.3) is 0 Å². The van der Waals surface area contributed by atoms with Crippen molar-refractivity contribution in [2.75, 3.05) is 5.75 Å². The molecule has 0 saturated heterocycles. The Kier molecular flexibility index (Phi) is 3.64. The Morgan fingerprint density at radius 3 is 2.69 bits per heavy atom. The number of benzene rings is 1. The third-order valence-electron chi connectivity index (χ3n) is 1.79. The second kappa shape index (κ2) is 4.77. The molecule has 0 aliphatic heterocycles. The quantitative estimate of drug-likeness (QED) is 0.828. The van der Waals surface area contributed by atoms with Crippen LogP contribution in [-0.4, -0.2) is 25.2 Å². The molecule has 0 unspecified atom stereocenters. The normalized spacial score (nSPS) is 10.7. The molecule has 0 amide bonds. The molecule has 0 fully saturated rings. The predicted molar refractivity (Wildman–Crippen MR) is 56.3 cm³/mol. The summed E-state index contributed by atoms with van der Waals surface area (Å²) in [5.74, 6) is -2.64. The molecule has 5 nitrogen and oxygen atoms in total. The van der Waals surface area contributed by atoms with E-state index >= 15 is 0 Å². The molecule has 0 saturated carbocycles. The van der Waals surface area contributed by atoms with Crippen LogP contribution < -0.4 is 0 Å². The smallest absolute Gasteiger partial charge is 0.318 e. The Balaban J connectivity index is 2.89. The van der Waals surface area contributed by atoms with Gasteiger partial charge in [-0.3, -0.25) is 4.79 Å². The molecule has 1 aromatic carbocycles. The van der Waals surface area contributed by atoms with Crippen molar-refractivity contribution < 1.29 is 18.3 Å². The summed E-state index contributed by atoms with van der Waals surface area (Å²) in [5, 5.41) is 17.0. The molecule has 0 aliphatic rings. The van der Waals surface area contributed by atoms with Crippen LogP contribution in [0.2, 0.25) is 0 Å². The van der Waals surface area contributed by atoms with E-state index in [1.807, 2.05) is 6.07 Å². The van der Waals surface area contributed by atoms with Gasteiger partial charge in [-0.05, 0) is 17.7 Å². The molecule has 0 heterocycles. The van der Waals surface area contributed by atoms with Crippen molar-refractivity contribution in [1.82, 2.24) is 0 Å².